The summed E-state index contributed by atoms with van der Waals surface area (Å²) in [4.78, 5) is 3.21. The molecule has 0 saturated carbocycles. The normalized spacial score (nSPS) is 15.8. The molecule has 27 heavy (non-hydrogen) atoms. The summed E-state index contributed by atoms with van der Waals surface area (Å²) in [6.45, 7) is 1.76. The van der Waals surface area contributed by atoms with Crippen LogP contribution in [-0.4, -0.2) is 48.2 Å². The molecule has 7 heteroatoms. The zero-order valence-corrected chi connectivity index (χ0v) is 17.1. The van der Waals surface area contributed by atoms with E-state index in [-0.39, 0.29) is 0 Å². The molecule has 3 rings (SSSR count). The lowest BCUT2D eigenvalue weighted by Crippen LogP contribution is -2.44. The predicted octanol–water partition coefficient (Wildman–Crippen LogP) is 3.22. The number of hydrogen-bond acceptors (Lipinski definition) is 5. The molecule has 0 saturated heterocycles. The Morgan fingerprint density at radius 3 is 2.59 bits per heavy atom. The van der Waals surface area contributed by atoms with Gasteiger partial charge in [0.15, 0.2) is 5.11 Å². The molecule has 0 bridgehead atoms. The Hall–Kier alpha value is -1.96. The van der Waals surface area contributed by atoms with Crippen LogP contribution in [-0.2, 0) is 6.54 Å². The van der Waals surface area contributed by atoms with Crippen LogP contribution in [0.3, 0.4) is 0 Å². The van der Waals surface area contributed by atoms with E-state index >= 15 is 0 Å². The van der Waals surface area contributed by atoms with Gasteiger partial charge in [-0.2, -0.15) is 0 Å². The topological polar surface area (TPSA) is 54.0 Å². The fourth-order valence-corrected chi connectivity index (χ4v) is 4.22. The number of hydrogen-bond donors (Lipinski definition) is 2. The highest BCUT2D eigenvalue weighted by Crippen LogP contribution is 2.39. The summed E-state index contributed by atoms with van der Waals surface area (Å²) in [5.74, 6) is 2.32. The first-order valence-electron chi connectivity index (χ1n) is 8.76. The summed E-state index contributed by atoms with van der Waals surface area (Å²) in [5, 5.41) is 14.6. The highest BCUT2D eigenvalue weighted by Gasteiger charge is 2.30. The zero-order valence-electron chi connectivity index (χ0n) is 15.5. The second kappa shape index (κ2) is 9.30. The number of nitrogens with zero attached hydrogens (tertiary/aromatic N) is 1. The largest absolute Gasteiger partial charge is 0.496 e. The van der Waals surface area contributed by atoms with Gasteiger partial charge in [-0.3, -0.25) is 0 Å². The first-order chi connectivity index (χ1) is 13.1. The van der Waals surface area contributed by atoms with Gasteiger partial charge in [0, 0.05) is 34.9 Å². The van der Waals surface area contributed by atoms with E-state index in [1.54, 1.807) is 26.0 Å². The SMILES string of the molecule is COc1ccc(OC)c2c1CN(C(=S)NCCSc1ccccc1)C[C@H]2O. The number of methoxy groups -OCH3 is 2. The molecule has 5 nitrogen and oxygen atoms in total. The van der Waals surface area contributed by atoms with Crippen molar-refractivity contribution in [3.8, 4) is 11.5 Å². The fourth-order valence-electron chi connectivity index (χ4n) is 3.19. The van der Waals surface area contributed by atoms with Crippen LogP contribution in [0, 0.1) is 0 Å². The maximum atomic E-state index is 10.7. The molecular weight excluding hydrogens is 380 g/mol. The van der Waals surface area contributed by atoms with Gasteiger partial charge in [-0.05, 0) is 36.5 Å². The summed E-state index contributed by atoms with van der Waals surface area (Å²) in [5.41, 5.74) is 1.70. The van der Waals surface area contributed by atoms with Crippen molar-refractivity contribution in [3.05, 3.63) is 53.6 Å². The van der Waals surface area contributed by atoms with Crippen molar-refractivity contribution < 1.29 is 14.6 Å². The van der Waals surface area contributed by atoms with Crippen molar-refractivity contribution >= 4 is 29.1 Å². The van der Waals surface area contributed by atoms with E-state index in [1.165, 1.54) is 4.90 Å². The minimum atomic E-state index is -0.683. The van der Waals surface area contributed by atoms with Crippen LogP contribution in [0.5, 0.6) is 11.5 Å². The molecule has 1 aliphatic rings. The van der Waals surface area contributed by atoms with E-state index < -0.39 is 6.10 Å². The molecule has 1 heterocycles. The average Bonchev–Trinajstić information content (AvgIpc) is 2.70. The number of thiocarbonyl (C=S) groups is 1. The van der Waals surface area contributed by atoms with Gasteiger partial charge in [-0.25, -0.2) is 0 Å². The lowest BCUT2D eigenvalue weighted by atomic mass is 9.95. The number of benzene rings is 2. The third-order valence-corrected chi connectivity index (χ3v) is 5.88. The molecule has 0 radical (unpaired) electrons. The smallest absolute Gasteiger partial charge is 0.169 e. The van der Waals surface area contributed by atoms with Crippen molar-refractivity contribution in [2.75, 3.05) is 33.1 Å². The second-order valence-corrected chi connectivity index (χ2v) is 7.71. The van der Waals surface area contributed by atoms with Gasteiger partial charge in [0.25, 0.3) is 0 Å². The Kier molecular flexibility index (Phi) is 6.82. The molecule has 0 unspecified atom stereocenters. The van der Waals surface area contributed by atoms with Gasteiger partial charge in [-0.15, -0.1) is 11.8 Å². The average molecular weight is 405 g/mol. The Bertz CT molecular complexity index is 786. The minimum absolute atomic E-state index is 0.425. The quantitative estimate of drug-likeness (QED) is 0.436. The number of aliphatic hydroxyl groups is 1. The van der Waals surface area contributed by atoms with Crippen LogP contribution in [0.25, 0.3) is 0 Å². The number of nitrogens with one attached hydrogen (secondary N) is 1. The van der Waals surface area contributed by atoms with Crippen LogP contribution in [0.1, 0.15) is 17.2 Å². The Labute approximate surface area is 169 Å². The molecule has 1 atom stereocenters. The standard InChI is InChI=1S/C20H24N2O3S2/c1-24-17-8-9-18(25-2)19-15(17)12-22(13-16(19)23)20(26)21-10-11-27-14-6-4-3-5-7-14/h3-9,16,23H,10-13H2,1-2H3,(H,21,26)/t16-/m1/s1. The number of fused-ring (bicyclic) bond motifs is 1. The molecule has 1 aliphatic heterocycles. The molecule has 2 aromatic carbocycles. The van der Waals surface area contributed by atoms with Crippen LogP contribution < -0.4 is 14.8 Å². The van der Waals surface area contributed by atoms with Crippen molar-refractivity contribution in [1.29, 1.82) is 0 Å². The molecule has 0 aliphatic carbocycles. The van der Waals surface area contributed by atoms with E-state index in [1.807, 2.05) is 35.2 Å². The zero-order chi connectivity index (χ0) is 19.2. The highest BCUT2D eigenvalue weighted by molar-refractivity contribution is 7.99. The van der Waals surface area contributed by atoms with Gasteiger partial charge >= 0.3 is 0 Å². The number of β-amino-alcohol motifs (C(OH)–C–C–N with tert-alkyl or cyclic N) is 1. The van der Waals surface area contributed by atoms with E-state index in [2.05, 4.69) is 17.4 Å². The van der Waals surface area contributed by atoms with Crippen LogP contribution in [0.2, 0.25) is 0 Å². The predicted molar refractivity (Wildman–Crippen MR) is 113 cm³/mol. The van der Waals surface area contributed by atoms with E-state index in [9.17, 15) is 5.11 Å². The molecule has 2 N–H and O–H groups in total. The van der Waals surface area contributed by atoms with Crippen molar-refractivity contribution in [3.63, 3.8) is 0 Å². The number of thioether (sulfide) groups is 1. The fraction of sp³-hybridized carbons (Fsp3) is 0.350. The summed E-state index contributed by atoms with van der Waals surface area (Å²) < 4.78 is 10.9. The van der Waals surface area contributed by atoms with Crippen molar-refractivity contribution in [2.45, 2.75) is 17.5 Å². The van der Waals surface area contributed by atoms with Crippen molar-refractivity contribution in [2.24, 2.45) is 0 Å². The first-order valence-corrected chi connectivity index (χ1v) is 10.2. The van der Waals surface area contributed by atoms with E-state index in [0.29, 0.717) is 24.0 Å². The second-order valence-electron chi connectivity index (χ2n) is 6.15. The Balaban J connectivity index is 1.61. The van der Waals surface area contributed by atoms with Gasteiger partial charge in [0.1, 0.15) is 17.6 Å². The summed E-state index contributed by atoms with van der Waals surface area (Å²) in [6.07, 6.45) is -0.683. The summed E-state index contributed by atoms with van der Waals surface area (Å²) in [7, 11) is 3.24. The lowest BCUT2D eigenvalue weighted by molar-refractivity contribution is 0.122. The first kappa shape index (κ1) is 19.8. The van der Waals surface area contributed by atoms with Gasteiger partial charge in [0.05, 0.1) is 20.8 Å². The van der Waals surface area contributed by atoms with E-state index in [4.69, 9.17) is 21.7 Å². The maximum Gasteiger partial charge on any atom is 0.169 e. The summed E-state index contributed by atoms with van der Waals surface area (Å²) >= 11 is 7.33. The monoisotopic (exact) mass is 404 g/mol. The third kappa shape index (κ3) is 4.66. The summed E-state index contributed by atoms with van der Waals surface area (Å²) in [6, 6.07) is 14.0. The molecule has 0 fully saturated rings. The third-order valence-electron chi connectivity index (χ3n) is 4.47. The van der Waals surface area contributed by atoms with Crippen LogP contribution in [0.4, 0.5) is 0 Å². The van der Waals surface area contributed by atoms with Gasteiger partial charge in [0.2, 0.25) is 0 Å². The molecule has 144 valence electrons. The Morgan fingerprint density at radius 2 is 1.89 bits per heavy atom. The van der Waals surface area contributed by atoms with Crippen molar-refractivity contribution in [1.82, 2.24) is 10.2 Å². The van der Waals surface area contributed by atoms with Gasteiger partial charge in [-0.1, -0.05) is 18.2 Å². The van der Waals surface area contributed by atoms with Crippen LogP contribution >= 0.6 is 24.0 Å². The number of rotatable bonds is 6. The van der Waals surface area contributed by atoms with Gasteiger partial charge < -0.3 is 24.8 Å². The highest BCUT2D eigenvalue weighted by atomic mass is 32.2. The molecule has 2 aromatic rings. The van der Waals surface area contributed by atoms with Crippen LogP contribution in [0.15, 0.2) is 47.4 Å². The number of aliphatic hydroxyl groups excluding tert-OH is 1. The number of ether oxygens (including phenoxy) is 2. The molecular formula is C20H24N2O3S2. The lowest BCUT2D eigenvalue weighted by Gasteiger charge is -2.35. The maximum absolute atomic E-state index is 10.7. The van der Waals surface area contributed by atoms with E-state index in [0.717, 1.165) is 29.2 Å². The Morgan fingerprint density at radius 1 is 1.19 bits per heavy atom. The molecule has 0 amide bonds. The minimum Gasteiger partial charge on any atom is -0.496 e. The molecule has 0 aromatic heterocycles. The molecule has 0 spiro atoms.